The fourth-order valence-electron chi connectivity index (χ4n) is 3.96. The van der Waals surface area contributed by atoms with Gasteiger partial charge in [-0.25, -0.2) is 0 Å². The van der Waals surface area contributed by atoms with Crippen molar-refractivity contribution in [3.63, 3.8) is 0 Å². The van der Waals surface area contributed by atoms with Crippen LogP contribution in [-0.2, 0) is 19.3 Å². The van der Waals surface area contributed by atoms with E-state index < -0.39 is 0 Å². The Balaban J connectivity index is 1.60. The third-order valence-corrected chi connectivity index (χ3v) is 5.19. The number of carbonyl (C=O) groups is 1. The van der Waals surface area contributed by atoms with Crippen molar-refractivity contribution in [2.75, 3.05) is 0 Å². The Hall–Kier alpha value is -2.40. The molecule has 0 fully saturated rings. The number of aromatic nitrogens is 1. The minimum Gasteiger partial charge on any atom is -0.347 e. The molecule has 2 aromatic rings. The Kier molecular flexibility index (Phi) is 3.73. The zero-order chi connectivity index (χ0) is 16.7. The number of H-pyrrole nitrogens is 1. The molecule has 0 radical (unpaired) electrons. The zero-order valence-corrected chi connectivity index (χ0v) is 13.5. The topological polar surface area (TPSA) is 88.0 Å². The summed E-state index contributed by atoms with van der Waals surface area (Å²) in [6.45, 7) is 0. The molecule has 4 N–H and O–H groups in total. The highest BCUT2D eigenvalue weighted by molar-refractivity contribution is 5.96. The fourth-order valence-corrected chi connectivity index (χ4v) is 3.96. The van der Waals surface area contributed by atoms with Gasteiger partial charge in [-0.15, -0.1) is 0 Å². The number of hydrogen-bond acceptors (Lipinski definition) is 3. The molecule has 124 valence electrons. The third kappa shape index (κ3) is 2.55. The van der Waals surface area contributed by atoms with Crippen LogP contribution in [0, 0.1) is 0 Å². The van der Waals surface area contributed by atoms with Gasteiger partial charge >= 0.3 is 0 Å². The average molecular weight is 323 g/mol. The van der Waals surface area contributed by atoms with Gasteiger partial charge in [0.1, 0.15) is 0 Å². The lowest BCUT2D eigenvalue weighted by Crippen LogP contribution is -2.41. The molecule has 0 spiro atoms. The predicted octanol–water partition coefficient (Wildman–Crippen LogP) is 1.61. The smallest absolute Gasteiger partial charge is 0.252 e. The molecule has 2 aliphatic rings. The highest BCUT2D eigenvalue weighted by Crippen LogP contribution is 2.30. The number of aryl methyl sites for hydroxylation is 1. The lowest BCUT2D eigenvalue weighted by molar-refractivity contribution is 0.0932. The molecule has 0 saturated carbocycles. The SMILES string of the molecule is N[C@@H]1c2ccccc2C[C@H]1NC(=O)c1cc(=O)[nH]c2c1CCCC2. The van der Waals surface area contributed by atoms with Gasteiger partial charge in [-0.05, 0) is 48.8 Å². The number of amides is 1. The van der Waals surface area contributed by atoms with Crippen molar-refractivity contribution < 1.29 is 4.79 Å². The lowest BCUT2D eigenvalue weighted by Gasteiger charge is -2.21. The van der Waals surface area contributed by atoms with Crippen LogP contribution in [0.15, 0.2) is 35.1 Å². The molecule has 0 saturated heterocycles. The van der Waals surface area contributed by atoms with E-state index in [1.807, 2.05) is 18.2 Å². The fraction of sp³-hybridized carbons (Fsp3) is 0.368. The van der Waals surface area contributed by atoms with Gasteiger partial charge in [-0.3, -0.25) is 9.59 Å². The minimum atomic E-state index is -0.209. The first-order valence-electron chi connectivity index (χ1n) is 8.53. The molecule has 24 heavy (non-hydrogen) atoms. The average Bonchev–Trinajstić information content (AvgIpc) is 2.90. The molecule has 2 atom stereocenters. The van der Waals surface area contributed by atoms with Gasteiger partial charge in [-0.2, -0.15) is 0 Å². The van der Waals surface area contributed by atoms with Crippen LogP contribution in [0.2, 0.25) is 0 Å². The number of rotatable bonds is 2. The minimum absolute atomic E-state index is 0.131. The van der Waals surface area contributed by atoms with Crippen LogP contribution in [-0.4, -0.2) is 16.9 Å². The molecule has 5 nitrogen and oxygen atoms in total. The molecule has 1 aromatic carbocycles. The maximum atomic E-state index is 12.8. The van der Waals surface area contributed by atoms with Crippen molar-refractivity contribution in [1.82, 2.24) is 10.3 Å². The number of benzene rings is 1. The summed E-state index contributed by atoms with van der Waals surface area (Å²) in [6.07, 6.45) is 4.50. The summed E-state index contributed by atoms with van der Waals surface area (Å²) in [5, 5.41) is 3.05. The predicted molar refractivity (Wildman–Crippen MR) is 92.0 cm³/mol. The largest absolute Gasteiger partial charge is 0.347 e. The molecule has 2 aliphatic carbocycles. The van der Waals surface area contributed by atoms with Crippen LogP contribution in [0.5, 0.6) is 0 Å². The number of nitrogens with one attached hydrogen (secondary N) is 2. The maximum Gasteiger partial charge on any atom is 0.252 e. The van der Waals surface area contributed by atoms with Gasteiger partial charge in [0.15, 0.2) is 0 Å². The summed E-state index contributed by atoms with van der Waals surface area (Å²) < 4.78 is 0. The van der Waals surface area contributed by atoms with E-state index >= 15 is 0 Å². The van der Waals surface area contributed by atoms with E-state index in [0.717, 1.165) is 48.9 Å². The Morgan fingerprint density at radius 1 is 1.21 bits per heavy atom. The van der Waals surface area contributed by atoms with E-state index in [0.29, 0.717) is 5.56 Å². The molecule has 4 rings (SSSR count). The number of aromatic amines is 1. The van der Waals surface area contributed by atoms with Crippen molar-refractivity contribution >= 4 is 5.91 Å². The summed E-state index contributed by atoms with van der Waals surface area (Å²) in [4.78, 5) is 27.6. The maximum absolute atomic E-state index is 12.8. The summed E-state index contributed by atoms with van der Waals surface area (Å²) in [7, 11) is 0. The molecular weight excluding hydrogens is 302 g/mol. The van der Waals surface area contributed by atoms with E-state index in [9.17, 15) is 9.59 Å². The van der Waals surface area contributed by atoms with Crippen molar-refractivity contribution in [2.45, 2.75) is 44.2 Å². The standard InChI is InChI=1S/C19H21N3O2/c20-18-12-6-2-1-5-11(12)9-16(18)22-19(24)14-10-17(23)21-15-8-4-3-7-13(14)15/h1-2,5-6,10,16,18H,3-4,7-9,20H2,(H,21,23)(H,22,24)/t16-,18-/m1/s1. The monoisotopic (exact) mass is 323 g/mol. The molecule has 0 unspecified atom stereocenters. The van der Waals surface area contributed by atoms with Crippen LogP contribution in [0.3, 0.4) is 0 Å². The summed E-state index contributed by atoms with van der Waals surface area (Å²) in [5.41, 5.74) is 10.8. The Labute approximate surface area is 140 Å². The third-order valence-electron chi connectivity index (χ3n) is 5.19. The highest BCUT2D eigenvalue weighted by Gasteiger charge is 2.31. The van der Waals surface area contributed by atoms with Crippen LogP contribution >= 0.6 is 0 Å². The first-order valence-corrected chi connectivity index (χ1v) is 8.53. The van der Waals surface area contributed by atoms with E-state index in [1.54, 1.807) is 0 Å². The van der Waals surface area contributed by atoms with Crippen LogP contribution in [0.1, 0.15) is 51.6 Å². The van der Waals surface area contributed by atoms with Gasteiger partial charge in [0.2, 0.25) is 5.56 Å². The van der Waals surface area contributed by atoms with Crippen molar-refractivity contribution in [3.05, 3.63) is 68.6 Å². The number of carbonyl (C=O) groups excluding carboxylic acids is 1. The van der Waals surface area contributed by atoms with Gasteiger partial charge < -0.3 is 16.0 Å². The number of nitrogens with two attached hydrogens (primary N) is 1. The van der Waals surface area contributed by atoms with Crippen molar-refractivity contribution in [2.24, 2.45) is 5.73 Å². The molecular formula is C19H21N3O2. The zero-order valence-electron chi connectivity index (χ0n) is 13.5. The van der Waals surface area contributed by atoms with Gasteiger partial charge in [-0.1, -0.05) is 24.3 Å². The second kappa shape index (κ2) is 5.91. The summed E-state index contributed by atoms with van der Waals surface area (Å²) >= 11 is 0. The van der Waals surface area contributed by atoms with E-state index in [4.69, 9.17) is 5.73 Å². The Morgan fingerprint density at radius 2 is 2.00 bits per heavy atom. The van der Waals surface area contributed by atoms with Crippen LogP contribution in [0.4, 0.5) is 0 Å². The molecule has 0 aliphatic heterocycles. The van der Waals surface area contributed by atoms with E-state index in [1.165, 1.54) is 11.6 Å². The Bertz CT molecular complexity index is 856. The lowest BCUT2D eigenvalue weighted by atomic mass is 9.92. The first kappa shape index (κ1) is 15.1. The Morgan fingerprint density at radius 3 is 2.83 bits per heavy atom. The van der Waals surface area contributed by atoms with Crippen molar-refractivity contribution in [3.8, 4) is 0 Å². The molecule has 1 aromatic heterocycles. The quantitative estimate of drug-likeness (QED) is 0.784. The van der Waals surface area contributed by atoms with Crippen LogP contribution < -0.4 is 16.6 Å². The molecule has 1 heterocycles. The molecule has 1 amide bonds. The summed E-state index contributed by atoms with van der Waals surface area (Å²) in [6, 6.07) is 9.11. The number of hydrogen-bond donors (Lipinski definition) is 3. The molecule has 5 heteroatoms. The van der Waals surface area contributed by atoms with E-state index in [-0.39, 0.29) is 23.6 Å². The second-order valence-corrected chi connectivity index (χ2v) is 6.72. The van der Waals surface area contributed by atoms with Gasteiger partial charge in [0.05, 0.1) is 12.1 Å². The van der Waals surface area contributed by atoms with Gasteiger partial charge in [0, 0.05) is 17.3 Å². The van der Waals surface area contributed by atoms with Crippen molar-refractivity contribution in [1.29, 1.82) is 0 Å². The molecule has 0 bridgehead atoms. The second-order valence-electron chi connectivity index (χ2n) is 6.72. The summed E-state index contributed by atoms with van der Waals surface area (Å²) in [5.74, 6) is -0.187. The van der Waals surface area contributed by atoms with Gasteiger partial charge in [0.25, 0.3) is 5.91 Å². The normalized spacial score (nSPS) is 21.9. The highest BCUT2D eigenvalue weighted by atomic mass is 16.2. The number of pyridine rings is 1. The van der Waals surface area contributed by atoms with Crippen LogP contribution in [0.25, 0.3) is 0 Å². The number of fused-ring (bicyclic) bond motifs is 2. The van der Waals surface area contributed by atoms with E-state index in [2.05, 4.69) is 16.4 Å². The first-order chi connectivity index (χ1) is 11.6.